The Morgan fingerprint density at radius 2 is 1.93 bits per heavy atom. The van der Waals surface area contributed by atoms with Crippen LogP contribution in [0.3, 0.4) is 0 Å². The zero-order chi connectivity index (χ0) is 20.5. The quantitative estimate of drug-likeness (QED) is 0.649. The molecule has 152 valence electrons. The molecular weight excluding hydrogens is 360 g/mol. The van der Waals surface area contributed by atoms with Crippen LogP contribution in [-0.4, -0.2) is 41.3 Å². The lowest BCUT2D eigenvalue weighted by atomic mass is 9.88. The van der Waals surface area contributed by atoms with Crippen LogP contribution in [0.1, 0.15) is 42.5 Å². The van der Waals surface area contributed by atoms with E-state index < -0.39 is 0 Å². The summed E-state index contributed by atoms with van der Waals surface area (Å²) in [5, 5.41) is 14.2. The largest absolute Gasteiger partial charge is 0.490 e. The second kappa shape index (κ2) is 7.99. The van der Waals surface area contributed by atoms with Gasteiger partial charge in [0, 0.05) is 16.8 Å². The molecule has 0 radical (unpaired) electrons. The van der Waals surface area contributed by atoms with Crippen molar-refractivity contribution in [2.24, 2.45) is 0 Å². The number of aryl methyl sites for hydroxylation is 1. The first-order chi connectivity index (χ1) is 13.9. The fourth-order valence-electron chi connectivity index (χ4n) is 4.01. The molecule has 1 aliphatic rings. The first-order valence-corrected chi connectivity index (χ1v) is 10.3. The van der Waals surface area contributed by atoms with E-state index >= 15 is 0 Å². The Bertz CT molecular complexity index is 1010. The minimum absolute atomic E-state index is 0.131. The van der Waals surface area contributed by atoms with E-state index in [1.165, 1.54) is 16.7 Å². The average molecular weight is 391 g/mol. The summed E-state index contributed by atoms with van der Waals surface area (Å²) in [7, 11) is 4.26. The van der Waals surface area contributed by atoms with Crippen molar-refractivity contribution in [1.82, 2.24) is 15.1 Å². The third-order valence-corrected chi connectivity index (χ3v) is 6.20. The standard InChI is InChI=1S/C24H30N4O/c1-15-7-6-8-22(16(15)2)17(3)26-24-23-13-20(10-9-18(23)14-25-27-24)29-21-11-19(12-21)28(4)5/h6-10,13-14,17,19,21H,11-12H2,1-5H3,(H,26,27)/t17-,19-,21-/m1/s1. The lowest BCUT2D eigenvalue weighted by molar-refractivity contribution is 0.0402. The fraction of sp³-hybridized carbons (Fsp3) is 0.417. The SMILES string of the molecule is Cc1cccc([C@@H](C)Nc2nncc3ccc(O[C@H]4C[C@H](N(C)C)C4)cc23)c1C. The summed E-state index contributed by atoms with van der Waals surface area (Å²) in [6.07, 6.45) is 4.25. The number of nitrogens with one attached hydrogen (secondary N) is 1. The zero-order valence-electron chi connectivity index (χ0n) is 17.9. The molecule has 0 saturated heterocycles. The molecule has 2 aromatic carbocycles. The van der Waals surface area contributed by atoms with Gasteiger partial charge in [0.1, 0.15) is 11.9 Å². The van der Waals surface area contributed by atoms with Crippen molar-refractivity contribution >= 4 is 16.6 Å². The molecule has 1 aliphatic carbocycles. The smallest absolute Gasteiger partial charge is 0.157 e. The van der Waals surface area contributed by atoms with Gasteiger partial charge >= 0.3 is 0 Å². The van der Waals surface area contributed by atoms with Crippen LogP contribution >= 0.6 is 0 Å². The predicted octanol–water partition coefficient (Wildman–Crippen LogP) is 4.89. The Morgan fingerprint density at radius 3 is 2.69 bits per heavy atom. The minimum atomic E-state index is 0.131. The Morgan fingerprint density at radius 1 is 1.14 bits per heavy atom. The van der Waals surface area contributed by atoms with Gasteiger partial charge in [0.2, 0.25) is 0 Å². The third-order valence-electron chi connectivity index (χ3n) is 6.20. The molecule has 29 heavy (non-hydrogen) atoms. The molecule has 5 heteroatoms. The molecule has 4 rings (SSSR count). The van der Waals surface area contributed by atoms with E-state index in [1.807, 2.05) is 6.07 Å². The van der Waals surface area contributed by atoms with Crippen molar-refractivity contribution < 1.29 is 4.74 Å². The summed E-state index contributed by atoms with van der Waals surface area (Å²) in [6, 6.07) is 13.4. The van der Waals surface area contributed by atoms with Crippen LogP contribution in [0.25, 0.3) is 10.8 Å². The van der Waals surface area contributed by atoms with E-state index in [9.17, 15) is 0 Å². The third kappa shape index (κ3) is 4.06. The van der Waals surface area contributed by atoms with Crippen LogP contribution in [0, 0.1) is 13.8 Å². The number of nitrogens with zero attached hydrogens (tertiary/aromatic N) is 3. The fourth-order valence-corrected chi connectivity index (χ4v) is 4.01. The summed E-state index contributed by atoms with van der Waals surface area (Å²) >= 11 is 0. The van der Waals surface area contributed by atoms with Gasteiger partial charge in [-0.05, 0) is 82.6 Å². The Labute approximate surface area is 173 Å². The Kier molecular flexibility index (Phi) is 5.41. The van der Waals surface area contributed by atoms with Gasteiger partial charge in [-0.25, -0.2) is 0 Å². The van der Waals surface area contributed by atoms with Crippen molar-refractivity contribution in [3.63, 3.8) is 0 Å². The van der Waals surface area contributed by atoms with Gasteiger partial charge in [0.05, 0.1) is 12.2 Å². The number of rotatable bonds is 6. The molecule has 5 nitrogen and oxygen atoms in total. The van der Waals surface area contributed by atoms with Crippen molar-refractivity contribution in [3.8, 4) is 5.75 Å². The lowest BCUT2D eigenvalue weighted by Crippen LogP contribution is -2.46. The van der Waals surface area contributed by atoms with E-state index in [2.05, 4.69) is 85.6 Å². The summed E-state index contributed by atoms with van der Waals surface area (Å²) in [5.74, 6) is 1.69. The van der Waals surface area contributed by atoms with Crippen molar-refractivity contribution in [2.75, 3.05) is 19.4 Å². The highest BCUT2D eigenvalue weighted by atomic mass is 16.5. The second-order valence-corrected chi connectivity index (χ2v) is 8.43. The van der Waals surface area contributed by atoms with Gasteiger partial charge < -0.3 is 15.0 Å². The van der Waals surface area contributed by atoms with E-state index in [1.54, 1.807) is 6.20 Å². The molecule has 0 unspecified atom stereocenters. The first-order valence-electron chi connectivity index (χ1n) is 10.3. The molecule has 3 aromatic rings. The molecule has 1 fully saturated rings. The van der Waals surface area contributed by atoms with Gasteiger partial charge in [-0.1, -0.05) is 18.2 Å². The summed E-state index contributed by atoms with van der Waals surface area (Å²) in [6.45, 7) is 6.48. The summed E-state index contributed by atoms with van der Waals surface area (Å²) < 4.78 is 6.22. The molecule has 1 heterocycles. The van der Waals surface area contributed by atoms with Crippen LogP contribution in [-0.2, 0) is 0 Å². The van der Waals surface area contributed by atoms with Gasteiger partial charge in [0.15, 0.2) is 5.82 Å². The molecule has 0 amide bonds. The molecule has 0 bridgehead atoms. The van der Waals surface area contributed by atoms with Gasteiger partial charge in [0.25, 0.3) is 0 Å². The van der Waals surface area contributed by atoms with Crippen LogP contribution in [0.5, 0.6) is 5.75 Å². The number of anilines is 1. The average Bonchev–Trinajstić information content (AvgIpc) is 2.66. The maximum atomic E-state index is 6.22. The summed E-state index contributed by atoms with van der Waals surface area (Å²) in [4.78, 5) is 2.27. The van der Waals surface area contributed by atoms with Crippen molar-refractivity contribution in [1.29, 1.82) is 0 Å². The molecule has 1 N–H and O–H groups in total. The molecule has 1 aromatic heterocycles. The maximum absolute atomic E-state index is 6.22. The van der Waals surface area contributed by atoms with E-state index in [0.717, 1.165) is 35.2 Å². The Balaban J connectivity index is 1.55. The second-order valence-electron chi connectivity index (χ2n) is 8.43. The number of ether oxygens (including phenoxy) is 1. The first kappa shape index (κ1) is 19.6. The van der Waals surface area contributed by atoms with Crippen LogP contribution < -0.4 is 10.1 Å². The highest BCUT2D eigenvalue weighted by Crippen LogP contribution is 2.32. The normalized spacial score (nSPS) is 19.8. The lowest BCUT2D eigenvalue weighted by Gasteiger charge is -2.39. The Hall–Kier alpha value is -2.66. The van der Waals surface area contributed by atoms with Gasteiger partial charge in [-0.2, -0.15) is 5.10 Å². The maximum Gasteiger partial charge on any atom is 0.157 e. The van der Waals surface area contributed by atoms with E-state index in [0.29, 0.717) is 12.1 Å². The number of aromatic nitrogens is 2. The highest BCUT2D eigenvalue weighted by molar-refractivity contribution is 5.92. The number of benzene rings is 2. The van der Waals surface area contributed by atoms with Crippen LogP contribution in [0.4, 0.5) is 5.82 Å². The van der Waals surface area contributed by atoms with Crippen molar-refractivity contribution in [2.45, 2.75) is 51.8 Å². The zero-order valence-corrected chi connectivity index (χ0v) is 17.9. The van der Waals surface area contributed by atoms with Crippen LogP contribution in [0.2, 0.25) is 0 Å². The number of hydrogen-bond donors (Lipinski definition) is 1. The number of hydrogen-bond acceptors (Lipinski definition) is 5. The van der Waals surface area contributed by atoms with Crippen molar-refractivity contribution in [3.05, 3.63) is 59.3 Å². The molecule has 1 saturated carbocycles. The molecule has 0 spiro atoms. The van der Waals surface area contributed by atoms with Gasteiger partial charge in [-0.15, -0.1) is 5.10 Å². The molecular formula is C24H30N4O. The van der Waals surface area contributed by atoms with E-state index in [4.69, 9.17) is 4.74 Å². The predicted molar refractivity (Wildman–Crippen MR) is 119 cm³/mol. The monoisotopic (exact) mass is 390 g/mol. The molecule has 0 aliphatic heterocycles. The van der Waals surface area contributed by atoms with Gasteiger partial charge in [-0.3, -0.25) is 0 Å². The summed E-state index contributed by atoms with van der Waals surface area (Å²) in [5.41, 5.74) is 3.89. The minimum Gasteiger partial charge on any atom is -0.490 e. The number of fused-ring (bicyclic) bond motifs is 1. The highest BCUT2D eigenvalue weighted by Gasteiger charge is 2.32. The molecule has 1 atom stereocenters. The van der Waals surface area contributed by atoms with E-state index in [-0.39, 0.29) is 6.04 Å². The topological polar surface area (TPSA) is 50.3 Å². The van der Waals surface area contributed by atoms with Crippen LogP contribution in [0.15, 0.2) is 42.6 Å².